The van der Waals surface area contributed by atoms with Gasteiger partial charge in [-0.2, -0.15) is 0 Å². The number of anilines is 1. The van der Waals surface area contributed by atoms with Crippen molar-refractivity contribution in [2.45, 2.75) is 12.5 Å². The third-order valence-corrected chi connectivity index (χ3v) is 5.70. The first-order valence-corrected chi connectivity index (χ1v) is 10.1. The Balaban J connectivity index is 1.50. The highest BCUT2D eigenvalue weighted by atomic mass is 35.5. The highest BCUT2D eigenvalue weighted by Crippen LogP contribution is 2.32. The van der Waals surface area contributed by atoms with Gasteiger partial charge in [-0.1, -0.05) is 47.1 Å². The van der Waals surface area contributed by atoms with E-state index in [2.05, 4.69) is 15.5 Å². The van der Waals surface area contributed by atoms with E-state index in [1.54, 1.807) is 43.3 Å². The van der Waals surface area contributed by atoms with Crippen LogP contribution in [0, 0.1) is 6.92 Å². The molecule has 8 heteroatoms. The molecule has 5 rings (SSSR count). The maximum absolute atomic E-state index is 13.2. The predicted octanol–water partition coefficient (Wildman–Crippen LogP) is 4.32. The number of nitrogens with zero attached hydrogens (tertiary/aromatic N) is 2. The first-order chi connectivity index (χ1) is 14.9. The van der Waals surface area contributed by atoms with Crippen LogP contribution in [0.3, 0.4) is 0 Å². The van der Waals surface area contributed by atoms with E-state index >= 15 is 0 Å². The highest BCUT2D eigenvalue weighted by Gasteiger charge is 2.37. The minimum Gasteiger partial charge on any atom is -0.380 e. The lowest BCUT2D eigenvalue weighted by Gasteiger charge is -2.36. The number of halogens is 1. The average molecular weight is 436 g/mol. The van der Waals surface area contributed by atoms with E-state index in [1.165, 1.54) is 0 Å². The van der Waals surface area contributed by atoms with Crippen LogP contribution in [-0.2, 0) is 10.3 Å². The van der Waals surface area contributed by atoms with E-state index in [9.17, 15) is 9.90 Å². The number of hydrogen-bond acceptors (Lipinski definition) is 6. The number of hydrogen-bond donors (Lipinski definition) is 2. The Morgan fingerprint density at radius 1 is 1.16 bits per heavy atom. The number of ether oxygens (including phenoxy) is 1. The molecule has 1 amide bonds. The van der Waals surface area contributed by atoms with Gasteiger partial charge >= 0.3 is 0 Å². The fourth-order valence-electron chi connectivity index (χ4n) is 3.61. The van der Waals surface area contributed by atoms with Crippen molar-refractivity contribution in [1.29, 1.82) is 0 Å². The van der Waals surface area contributed by atoms with E-state index in [1.807, 2.05) is 18.2 Å². The van der Waals surface area contributed by atoms with Gasteiger partial charge in [-0.3, -0.25) is 4.79 Å². The quantitative estimate of drug-likeness (QED) is 0.495. The summed E-state index contributed by atoms with van der Waals surface area (Å²) in [6.07, 6.45) is 0. The Labute approximate surface area is 182 Å². The van der Waals surface area contributed by atoms with Crippen LogP contribution in [0.5, 0.6) is 0 Å². The van der Waals surface area contributed by atoms with Gasteiger partial charge in [0.2, 0.25) is 0 Å². The molecule has 7 nitrogen and oxygen atoms in total. The van der Waals surface area contributed by atoms with Crippen molar-refractivity contribution in [2.24, 2.45) is 0 Å². The van der Waals surface area contributed by atoms with Gasteiger partial charge in [0.25, 0.3) is 11.6 Å². The molecule has 1 saturated heterocycles. The van der Waals surface area contributed by atoms with Crippen molar-refractivity contribution < 1.29 is 19.2 Å². The van der Waals surface area contributed by atoms with E-state index in [4.69, 9.17) is 20.9 Å². The molecule has 156 valence electrons. The molecule has 2 N–H and O–H groups in total. The molecule has 1 fully saturated rings. The molecule has 0 spiro atoms. The molecular formula is C23H18ClN3O4. The van der Waals surface area contributed by atoms with Crippen LogP contribution in [-0.4, -0.2) is 34.4 Å². The molecule has 0 radical (unpaired) electrons. The molecular weight excluding hydrogens is 418 g/mol. The molecule has 0 atom stereocenters. The van der Waals surface area contributed by atoms with Crippen molar-refractivity contribution in [3.05, 3.63) is 76.4 Å². The summed E-state index contributed by atoms with van der Waals surface area (Å²) in [5, 5.41) is 18.3. The molecule has 2 aromatic carbocycles. The zero-order chi connectivity index (χ0) is 21.6. The lowest BCUT2D eigenvalue weighted by Crippen LogP contribution is -2.46. The average Bonchev–Trinajstić information content (AvgIpc) is 3.13. The number of benzene rings is 2. The van der Waals surface area contributed by atoms with E-state index in [0.717, 1.165) is 5.56 Å². The van der Waals surface area contributed by atoms with Crippen LogP contribution >= 0.6 is 11.6 Å². The summed E-state index contributed by atoms with van der Waals surface area (Å²) in [6, 6.07) is 16.0. The van der Waals surface area contributed by atoms with Gasteiger partial charge in [-0.15, -0.1) is 0 Å². The zero-order valence-electron chi connectivity index (χ0n) is 16.6. The maximum Gasteiger partial charge on any atom is 0.259 e. The standard InChI is InChI=1S/C23H18ClN3O4/c1-13-20-17(10-19(26-22(20)31-27-13)16-4-2-3-5-18(16)24)21(28)25-15-8-6-14(7-9-15)23(29)11-30-12-23/h2-10,29H,11-12H2,1H3,(H,25,28). The van der Waals surface area contributed by atoms with Crippen molar-refractivity contribution >= 4 is 34.3 Å². The van der Waals surface area contributed by atoms with Crippen LogP contribution in [0.4, 0.5) is 5.69 Å². The first kappa shape index (κ1) is 19.7. The number of pyridine rings is 1. The number of carbonyl (C=O) groups is 1. The van der Waals surface area contributed by atoms with Crippen LogP contribution in [0.2, 0.25) is 5.02 Å². The normalized spacial score (nSPS) is 14.9. The number of rotatable bonds is 4. The number of aryl methyl sites for hydroxylation is 1. The van der Waals surface area contributed by atoms with E-state index in [0.29, 0.717) is 38.6 Å². The largest absolute Gasteiger partial charge is 0.380 e. The Morgan fingerprint density at radius 3 is 2.58 bits per heavy atom. The monoisotopic (exact) mass is 435 g/mol. The third kappa shape index (κ3) is 3.46. The number of amides is 1. The third-order valence-electron chi connectivity index (χ3n) is 5.37. The lowest BCUT2D eigenvalue weighted by atomic mass is 9.92. The van der Waals surface area contributed by atoms with Crippen LogP contribution in [0.25, 0.3) is 22.4 Å². The van der Waals surface area contributed by atoms with Gasteiger partial charge in [0.15, 0.2) is 0 Å². The number of nitrogens with one attached hydrogen (secondary N) is 1. The van der Waals surface area contributed by atoms with Crippen LogP contribution in [0.15, 0.2) is 59.1 Å². The molecule has 3 heterocycles. The molecule has 0 unspecified atom stereocenters. The topological polar surface area (TPSA) is 97.5 Å². The first-order valence-electron chi connectivity index (χ1n) is 9.68. The Kier molecular flexibility index (Phi) is 4.74. The van der Waals surface area contributed by atoms with E-state index < -0.39 is 5.60 Å². The summed E-state index contributed by atoms with van der Waals surface area (Å²) < 4.78 is 10.4. The summed E-state index contributed by atoms with van der Waals surface area (Å²) in [4.78, 5) is 17.7. The van der Waals surface area contributed by atoms with Gasteiger partial charge < -0.3 is 19.7 Å². The molecule has 0 bridgehead atoms. The van der Waals surface area contributed by atoms with Gasteiger partial charge in [-0.25, -0.2) is 4.98 Å². The molecule has 1 aliphatic heterocycles. The second-order valence-electron chi connectivity index (χ2n) is 7.54. The zero-order valence-corrected chi connectivity index (χ0v) is 17.3. The molecule has 0 aliphatic carbocycles. The Hall–Kier alpha value is -3.26. The molecule has 2 aromatic heterocycles. The van der Waals surface area contributed by atoms with Crippen molar-refractivity contribution in [3.8, 4) is 11.3 Å². The summed E-state index contributed by atoms with van der Waals surface area (Å²) in [7, 11) is 0. The second-order valence-corrected chi connectivity index (χ2v) is 7.95. The number of fused-ring (bicyclic) bond motifs is 1. The van der Waals surface area contributed by atoms with E-state index in [-0.39, 0.29) is 24.8 Å². The second kappa shape index (κ2) is 7.46. The SMILES string of the molecule is Cc1noc2nc(-c3ccccc3Cl)cc(C(=O)Nc3ccc(C4(O)COC4)cc3)c12. The minimum atomic E-state index is -0.955. The summed E-state index contributed by atoms with van der Waals surface area (Å²) in [5.41, 5.74) is 2.81. The summed E-state index contributed by atoms with van der Waals surface area (Å²) in [6.45, 7) is 2.30. The molecule has 4 aromatic rings. The fraction of sp³-hybridized carbons (Fsp3) is 0.174. The summed E-state index contributed by atoms with van der Waals surface area (Å²) >= 11 is 6.33. The molecule has 0 saturated carbocycles. The minimum absolute atomic E-state index is 0.266. The van der Waals surface area contributed by atoms with Gasteiger partial charge in [0, 0.05) is 16.3 Å². The van der Waals surface area contributed by atoms with Crippen LogP contribution in [0.1, 0.15) is 21.6 Å². The smallest absolute Gasteiger partial charge is 0.259 e. The van der Waals surface area contributed by atoms with Crippen LogP contribution < -0.4 is 5.32 Å². The number of aliphatic hydroxyl groups is 1. The number of carbonyl (C=O) groups excluding carboxylic acids is 1. The fourth-order valence-corrected chi connectivity index (χ4v) is 3.84. The van der Waals surface area contributed by atoms with Gasteiger partial charge in [0.1, 0.15) is 5.60 Å². The Bertz CT molecular complexity index is 1300. The number of aromatic nitrogens is 2. The Morgan fingerprint density at radius 2 is 1.90 bits per heavy atom. The highest BCUT2D eigenvalue weighted by molar-refractivity contribution is 6.33. The van der Waals surface area contributed by atoms with Gasteiger partial charge in [0.05, 0.1) is 35.6 Å². The lowest BCUT2D eigenvalue weighted by molar-refractivity contribution is -0.184. The van der Waals surface area contributed by atoms with Crippen molar-refractivity contribution in [1.82, 2.24) is 10.1 Å². The molecule has 1 aliphatic rings. The summed E-state index contributed by atoms with van der Waals surface area (Å²) in [5.74, 6) is -0.328. The maximum atomic E-state index is 13.2. The predicted molar refractivity (Wildman–Crippen MR) is 116 cm³/mol. The van der Waals surface area contributed by atoms with Crippen molar-refractivity contribution in [2.75, 3.05) is 18.5 Å². The van der Waals surface area contributed by atoms with Gasteiger partial charge in [-0.05, 0) is 36.8 Å². The van der Waals surface area contributed by atoms with Crippen molar-refractivity contribution in [3.63, 3.8) is 0 Å². The molecule has 31 heavy (non-hydrogen) atoms.